The largest absolute Gasteiger partial charge is 0.398 e. The van der Waals surface area contributed by atoms with Crippen LogP contribution in [0.3, 0.4) is 0 Å². The molecule has 18 heavy (non-hydrogen) atoms. The van der Waals surface area contributed by atoms with Crippen molar-refractivity contribution in [2.24, 2.45) is 0 Å². The first kappa shape index (κ1) is 11.9. The molecule has 0 aliphatic heterocycles. The summed E-state index contributed by atoms with van der Waals surface area (Å²) in [6.07, 6.45) is 3.51. The number of pyridine rings is 1. The molecule has 0 spiro atoms. The van der Waals surface area contributed by atoms with E-state index in [1.807, 2.05) is 0 Å². The number of nitrogens with zero attached hydrogens (tertiary/aromatic N) is 3. The van der Waals surface area contributed by atoms with E-state index in [0.717, 1.165) is 12.4 Å². The molecule has 1 amide bonds. The average molecular weight is 247 g/mol. The van der Waals surface area contributed by atoms with E-state index in [0.29, 0.717) is 17.1 Å². The Balaban J connectivity index is 2.35. The normalized spacial score (nSPS) is 10.1. The predicted octanol–water partition coefficient (Wildman–Crippen LogP) is 1.22. The minimum atomic E-state index is -0.528. The van der Waals surface area contributed by atoms with Gasteiger partial charge in [0.2, 0.25) is 5.91 Å². The summed E-state index contributed by atoms with van der Waals surface area (Å²) in [6.45, 7) is 1.37. The lowest BCUT2D eigenvalue weighted by Gasteiger charge is -2.06. The maximum absolute atomic E-state index is 12.7. The fourth-order valence-electron chi connectivity index (χ4n) is 1.36. The highest BCUT2D eigenvalue weighted by molar-refractivity contribution is 5.88. The Morgan fingerprint density at radius 3 is 2.50 bits per heavy atom. The van der Waals surface area contributed by atoms with Crippen molar-refractivity contribution in [1.82, 2.24) is 15.0 Å². The van der Waals surface area contributed by atoms with E-state index in [4.69, 9.17) is 5.73 Å². The number of nitrogen functional groups attached to an aromatic ring is 1. The monoisotopic (exact) mass is 247 g/mol. The standard InChI is InChI=1S/C11H10FN5O/c1-6(18)17-10-2-9(13)8(5-14-10)11-15-3-7(12)4-16-11/h2-5H,1H3,(H3,13,14,17,18). The maximum atomic E-state index is 12.7. The van der Waals surface area contributed by atoms with Gasteiger partial charge in [0, 0.05) is 24.9 Å². The van der Waals surface area contributed by atoms with E-state index in [1.165, 1.54) is 19.2 Å². The van der Waals surface area contributed by atoms with Crippen molar-refractivity contribution >= 4 is 17.4 Å². The molecule has 0 radical (unpaired) electrons. The number of aromatic nitrogens is 3. The molecular weight excluding hydrogens is 237 g/mol. The third kappa shape index (κ3) is 2.57. The van der Waals surface area contributed by atoms with E-state index in [-0.39, 0.29) is 11.7 Å². The predicted molar refractivity (Wildman–Crippen MR) is 63.9 cm³/mol. The lowest BCUT2D eigenvalue weighted by molar-refractivity contribution is -0.114. The van der Waals surface area contributed by atoms with Gasteiger partial charge in [-0.3, -0.25) is 4.79 Å². The summed E-state index contributed by atoms with van der Waals surface area (Å²) < 4.78 is 12.7. The second-order valence-corrected chi connectivity index (χ2v) is 3.56. The number of hydrogen-bond donors (Lipinski definition) is 2. The van der Waals surface area contributed by atoms with Gasteiger partial charge in [0.15, 0.2) is 11.6 Å². The minimum absolute atomic E-state index is 0.243. The Kier molecular flexibility index (Phi) is 3.13. The summed E-state index contributed by atoms with van der Waals surface area (Å²) in [6, 6.07) is 1.49. The molecule has 0 unspecified atom stereocenters. The molecule has 6 nitrogen and oxygen atoms in total. The highest BCUT2D eigenvalue weighted by Gasteiger charge is 2.08. The molecule has 0 bridgehead atoms. The van der Waals surface area contributed by atoms with Gasteiger partial charge in [0.1, 0.15) is 5.82 Å². The van der Waals surface area contributed by atoms with Gasteiger partial charge >= 0.3 is 0 Å². The van der Waals surface area contributed by atoms with Crippen molar-refractivity contribution in [3.8, 4) is 11.4 Å². The highest BCUT2D eigenvalue weighted by atomic mass is 19.1. The average Bonchev–Trinajstić information content (AvgIpc) is 2.30. The molecule has 0 atom stereocenters. The number of halogens is 1. The Bertz CT molecular complexity index is 584. The third-order valence-electron chi connectivity index (χ3n) is 2.10. The number of hydrogen-bond acceptors (Lipinski definition) is 5. The van der Waals surface area contributed by atoms with Crippen LogP contribution in [0.25, 0.3) is 11.4 Å². The molecule has 2 rings (SSSR count). The molecule has 3 N–H and O–H groups in total. The van der Waals surface area contributed by atoms with Gasteiger partial charge in [0.05, 0.1) is 18.0 Å². The van der Waals surface area contributed by atoms with Crippen LogP contribution < -0.4 is 11.1 Å². The summed E-state index contributed by atoms with van der Waals surface area (Å²) in [4.78, 5) is 22.5. The quantitative estimate of drug-likeness (QED) is 0.832. The second kappa shape index (κ2) is 4.74. The number of nitrogens with two attached hydrogens (primary N) is 1. The fraction of sp³-hybridized carbons (Fsp3) is 0.0909. The van der Waals surface area contributed by atoms with Gasteiger partial charge in [-0.05, 0) is 0 Å². The SMILES string of the molecule is CC(=O)Nc1cc(N)c(-c2ncc(F)cn2)cn1. The van der Waals surface area contributed by atoms with E-state index < -0.39 is 5.82 Å². The number of amides is 1. The summed E-state index contributed by atoms with van der Waals surface area (Å²) in [7, 11) is 0. The number of anilines is 2. The van der Waals surface area contributed by atoms with Gasteiger partial charge in [-0.25, -0.2) is 19.3 Å². The molecule has 0 aliphatic carbocycles. The van der Waals surface area contributed by atoms with Crippen LogP contribution in [0, 0.1) is 5.82 Å². The van der Waals surface area contributed by atoms with E-state index in [9.17, 15) is 9.18 Å². The summed E-state index contributed by atoms with van der Waals surface area (Å²) in [5.41, 5.74) is 6.63. The van der Waals surface area contributed by atoms with E-state index >= 15 is 0 Å². The first-order valence-corrected chi connectivity index (χ1v) is 5.07. The van der Waals surface area contributed by atoms with Crippen LogP contribution in [-0.2, 0) is 4.79 Å². The molecule has 0 aliphatic rings. The maximum Gasteiger partial charge on any atom is 0.222 e. The molecular formula is C11H10FN5O. The lowest BCUT2D eigenvalue weighted by atomic mass is 10.2. The number of carbonyl (C=O) groups excluding carboxylic acids is 1. The first-order chi connectivity index (χ1) is 8.56. The van der Waals surface area contributed by atoms with Gasteiger partial charge in [-0.1, -0.05) is 0 Å². The topological polar surface area (TPSA) is 93.8 Å². The molecule has 2 heterocycles. The molecule has 92 valence electrons. The van der Waals surface area contributed by atoms with Crippen molar-refractivity contribution in [1.29, 1.82) is 0 Å². The molecule has 2 aromatic heterocycles. The van der Waals surface area contributed by atoms with Gasteiger partial charge < -0.3 is 11.1 Å². The van der Waals surface area contributed by atoms with Crippen molar-refractivity contribution in [3.05, 3.63) is 30.5 Å². The fourth-order valence-corrected chi connectivity index (χ4v) is 1.36. The zero-order valence-corrected chi connectivity index (χ0v) is 9.51. The lowest BCUT2D eigenvalue weighted by Crippen LogP contribution is -2.08. The highest BCUT2D eigenvalue weighted by Crippen LogP contribution is 2.23. The van der Waals surface area contributed by atoms with Crippen LogP contribution >= 0.6 is 0 Å². The third-order valence-corrected chi connectivity index (χ3v) is 2.10. The van der Waals surface area contributed by atoms with Crippen LogP contribution in [0.5, 0.6) is 0 Å². The van der Waals surface area contributed by atoms with Crippen molar-refractivity contribution in [3.63, 3.8) is 0 Å². The number of carbonyl (C=O) groups is 1. The Hall–Kier alpha value is -2.57. The van der Waals surface area contributed by atoms with E-state index in [2.05, 4.69) is 20.3 Å². The van der Waals surface area contributed by atoms with Crippen LogP contribution in [-0.4, -0.2) is 20.9 Å². The molecule has 0 aromatic carbocycles. The number of nitrogens with one attached hydrogen (secondary N) is 1. The van der Waals surface area contributed by atoms with Crippen LogP contribution in [0.2, 0.25) is 0 Å². The summed E-state index contributed by atoms with van der Waals surface area (Å²) in [5.74, 6) is -0.158. The van der Waals surface area contributed by atoms with Crippen molar-refractivity contribution in [2.75, 3.05) is 11.1 Å². The van der Waals surface area contributed by atoms with Crippen molar-refractivity contribution < 1.29 is 9.18 Å². The molecule has 0 saturated carbocycles. The Labute approximate surface area is 102 Å². The second-order valence-electron chi connectivity index (χ2n) is 3.56. The van der Waals surface area contributed by atoms with Crippen LogP contribution in [0.1, 0.15) is 6.92 Å². The molecule has 2 aromatic rings. The van der Waals surface area contributed by atoms with Crippen LogP contribution in [0.15, 0.2) is 24.7 Å². The summed E-state index contributed by atoms with van der Waals surface area (Å²) in [5, 5.41) is 2.50. The minimum Gasteiger partial charge on any atom is -0.398 e. The number of rotatable bonds is 2. The zero-order valence-electron chi connectivity index (χ0n) is 9.51. The van der Waals surface area contributed by atoms with Crippen LogP contribution in [0.4, 0.5) is 15.9 Å². The molecule has 0 fully saturated rings. The molecule has 0 saturated heterocycles. The Morgan fingerprint density at radius 2 is 1.94 bits per heavy atom. The smallest absolute Gasteiger partial charge is 0.222 e. The van der Waals surface area contributed by atoms with Crippen molar-refractivity contribution in [2.45, 2.75) is 6.92 Å². The van der Waals surface area contributed by atoms with Gasteiger partial charge in [0.25, 0.3) is 0 Å². The van der Waals surface area contributed by atoms with E-state index in [1.54, 1.807) is 0 Å². The van der Waals surface area contributed by atoms with Gasteiger partial charge in [-0.2, -0.15) is 0 Å². The summed E-state index contributed by atoms with van der Waals surface area (Å²) >= 11 is 0. The molecule has 7 heteroatoms. The first-order valence-electron chi connectivity index (χ1n) is 5.07. The van der Waals surface area contributed by atoms with Gasteiger partial charge in [-0.15, -0.1) is 0 Å². The zero-order chi connectivity index (χ0) is 13.1. The Morgan fingerprint density at radius 1 is 1.28 bits per heavy atom.